The van der Waals surface area contributed by atoms with Gasteiger partial charge >= 0.3 is 126 Å². The minimum absolute atomic E-state index is 0. The topological polar surface area (TPSA) is 43.9 Å². The van der Waals surface area contributed by atoms with Crippen LogP contribution in [0.4, 0.5) is 0 Å². The van der Waals surface area contributed by atoms with Crippen molar-refractivity contribution in [2.45, 2.75) is 37.5 Å². The molecule has 6 heteroatoms. The number of furan rings is 1. The molecule has 55 heavy (non-hydrogen) atoms. The minimum atomic E-state index is -1.86. The Morgan fingerprint density at radius 1 is 0.709 bits per heavy atom. The first-order valence-corrected chi connectivity index (χ1v) is 26.0. The maximum absolute atomic E-state index is 6.33. The average Bonchev–Trinajstić information content (AvgIpc) is 3.77. The van der Waals surface area contributed by atoms with Crippen LogP contribution in [0.15, 0.2) is 156 Å². The van der Waals surface area contributed by atoms with Crippen molar-refractivity contribution in [3.8, 4) is 39.5 Å². The maximum Gasteiger partial charge on any atom is 0.120 e. The number of imidazole rings is 1. The summed E-state index contributed by atoms with van der Waals surface area (Å²) in [5.74, 6) is 8.81. The van der Waals surface area contributed by atoms with Crippen molar-refractivity contribution in [3.63, 3.8) is 0 Å². The molecule has 6 aromatic carbocycles. The molecule has 0 aliphatic heterocycles. The molecular formula is C49H43GeIrN3O-2. The Labute approximate surface area is 340 Å². The first kappa shape index (κ1) is 38.2. The summed E-state index contributed by atoms with van der Waals surface area (Å²) in [6, 6.07) is 56.5. The van der Waals surface area contributed by atoms with Crippen LogP contribution in [-0.2, 0) is 26.5 Å². The first-order chi connectivity index (χ1) is 26.2. The number of nitrogens with zero attached hydrogens (tertiary/aromatic N) is 3. The van der Waals surface area contributed by atoms with Gasteiger partial charge in [-0.3, -0.25) is 4.98 Å². The normalized spacial score (nSPS) is 11.5. The van der Waals surface area contributed by atoms with E-state index in [-0.39, 0.29) is 20.1 Å². The van der Waals surface area contributed by atoms with E-state index in [0.717, 1.165) is 73.3 Å². The van der Waals surface area contributed by atoms with Crippen molar-refractivity contribution in [2.24, 2.45) is 5.92 Å². The molecule has 9 rings (SSSR count). The molecule has 0 spiro atoms. The van der Waals surface area contributed by atoms with Crippen molar-refractivity contribution in [3.05, 3.63) is 169 Å². The Bertz CT molecular complexity index is 2710. The SMILES string of the molecule is CC(C)Cc1cc(-c2[c-]cccc2)nc[c]1[Ge]([CH3])([CH3])[CH3].[Ir].[c-]1ccc2c(oc3ccccc32)c1-c1nc2ccccc2n1-c1cccc(-c2ccccc2)c1. The van der Waals surface area contributed by atoms with Crippen LogP contribution in [0.25, 0.3) is 72.4 Å². The van der Waals surface area contributed by atoms with E-state index in [0.29, 0.717) is 5.92 Å². The molecule has 3 aromatic heterocycles. The second kappa shape index (κ2) is 16.3. The Hall–Kier alpha value is -5.07. The predicted octanol–water partition coefficient (Wildman–Crippen LogP) is 12.3. The summed E-state index contributed by atoms with van der Waals surface area (Å²) in [5, 5.41) is 2.17. The summed E-state index contributed by atoms with van der Waals surface area (Å²) in [6.45, 7) is 4.57. The molecule has 0 unspecified atom stereocenters. The van der Waals surface area contributed by atoms with Crippen LogP contribution in [0.1, 0.15) is 19.4 Å². The molecule has 9 aromatic rings. The molecule has 4 nitrogen and oxygen atoms in total. The summed E-state index contributed by atoms with van der Waals surface area (Å²) in [4.78, 5) is 9.75. The van der Waals surface area contributed by atoms with Crippen LogP contribution in [0.3, 0.4) is 0 Å². The molecule has 0 saturated carbocycles. The third kappa shape index (κ3) is 8.02. The molecule has 1 radical (unpaired) electrons. The van der Waals surface area contributed by atoms with Gasteiger partial charge in [-0.25, -0.2) is 0 Å². The molecule has 0 amide bonds. The largest absolute Gasteiger partial charge is 0.501 e. The molecule has 0 fully saturated rings. The molecule has 0 saturated heterocycles. The van der Waals surface area contributed by atoms with Gasteiger partial charge in [-0.05, 0) is 41.5 Å². The Balaban J connectivity index is 0.000000191. The number of pyridine rings is 1. The van der Waals surface area contributed by atoms with Gasteiger partial charge in [0.05, 0.1) is 22.4 Å². The van der Waals surface area contributed by atoms with E-state index in [1.807, 2.05) is 54.6 Å². The van der Waals surface area contributed by atoms with Gasteiger partial charge < -0.3 is 8.98 Å². The fourth-order valence-electron chi connectivity index (χ4n) is 7.25. The Morgan fingerprint density at radius 2 is 1.45 bits per heavy atom. The van der Waals surface area contributed by atoms with Gasteiger partial charge in [0, 0.05) is 31.2 Å². The van der Waals surface area contributed by atoms with E-state index < -0.39 is 13.3 Å². The summed E-state index contributed by atoms with van der Waals surface area (Å²) < 4.78 is 10.1. The van der Waals surface area contributed by atoms with Gasteiger partial charge in [0.2, 0.25) is 0 Å². The van der Waals surface area contributed by atoms with Gasteiger partial charge in [-0.15, -0.1) is 18.2 Å². The molecule has 0 aliphatic rings. The van der Waals surface area contributed by atoms with Crippen LogP contribution in [0, 0.1) is 18.1 Å². The standard InChI is InChI=1S/C31H19N2O.C18H24GeN.Ir/c1-2-10-21(11-3-1)22-12-8-13-23(20-22)33-28-18-6-5-17-27(28)32-31(33)26-16-9-15-25-24-14-4-7-19-29(24)34-30(25)26;1-14(2)11-16-12-18(15-9-7-6-8-10-15)20-13-17(16)19(3,4)5;/h1-15,17-20H;6-9,12-14H,11H2,1-5H3;/q2*-1;. The number of rotatable bonds is 7. The number of para-hydroxylation sites is 3. The number of benzene rings is 6. The van der Waals surface area contributed by atoms with E-state index in [9.17, 15) is 0 Å². The minimum Gasteiger partial charge on any atom is -0.501 e. The van der Waals surface area contributed by atoms with Crippen molar-refractivity contribution in [2.75, 3.05) is 0 Å². The second-order valence-electron chi connectivity index (χ2n) is 15.2. The van der Waals surface area contributed by atoms with Crippen LogP contribution >= 0.6 is 0 Å². The molecule has 0 bridgehead atoms. The third-order valence-corrected chi connectivity index (χ3v) is 14.1. The van der Waals surface area contributed by atoms with Gasteiger partial charge in [0.1, 0.15) is 5.58 Å². The number of fused-ring (bicyclic) bond motifs is 4. The van der Waals surface area contributed by atoms with E-state index >= 15 is 0 Å². The van der Waals surface area contributed by atoms with Crippen LogP contribution in [0.5, 0.6) is 0 Å². The Morgan fingerprint density at radius 3 is 2.24 bits per heavy atom. The second-order valence-corrected chi connectivity index (χ2v) is 25.8. The van der Waals surface area contributed by atoms with Crippen LogP contribution in [-0.4, -0.2) is 27.8 Å². The monoisotopic (exact) mass is 956 g/mol. The predicted molar refractivity (Wildman–Crippen MR) is 228 cm³/mol. The average molecular weight is 955 g/mol. The fourth-order valence-corrected chi connectivity index (χ4v) is 10.6. The smallest absolute Gasteiger partial charge is 0.120 e. The molecular weight excluding hydrogens is 911 g/mol. The van der Waals surface area contributed by atoms with Gasteiger partial charge in [0.25, 0.3) is 0 Å². The van der Waals surface area contributed by atoms with Crippen LogP contribution in [0.2, 0.25) is 17.3 Å². The quantitative estimate of drug-likeness (QED) is 0.118. The third-order valence-electron chi connectivity index (χ3n) is 9.75. The van der Waals surface area contributed by atoms with Crippen molar-refractivity contribution in [1.29, 1.82) is 0 Å². The number of aromatic nitrogens is 3. The van der Waals surface area contributed by atoms with Gasteiger partial charge in [0.15, 0.2) is 0 Å². The van der Waals surface area contributed by atoms with Crippen molar-refractivity contribution >= 4 is 50.6 Å². The van der Waals surface area contributed by atoms with Crippen LogP contribution < -0.4 is 4.40 Å². The summed E-state index contributed by atoms with van der Waals surface area (Å²) in [6.07, 6.45) is 3.27. The molecule has 0 N–H and O–H groups in total. The fraction of sp³-hybridized carbons (Fsp3) is 0.143. The van der Waals surface area contributed by atoms with Gasteiger partial charge in [-0.1, -0.05) is 83.7 Å². The number of hydrogen-bond donors (Lipinski definition) is 0. The summed E-state index contributed by atoms with van der Waals surface area (Å²) in [5.41, 5.74) is 11.5. The van der Waals surface area contributed by atoms with E-state index in [1.165, 1.54) is 11.1 Å². The van der Waals surface area contributed by atoms with Crippen molar-refractivity contribution < 1.29 is 24.5 Å². The molecule has 0 atom stereocenters. The molecule has 3 heterocycles. The zero-order valence-electron chi connectivity index (χ0n) is 31.8. The zero-order valence-corrected chi connectivity index (χ0v) is 36.3. The van der Waals surface area contributed by atoms with E-state index in [1.54, 1.807) is 4.40 Å². The van der Waals surface area contributed by atoms with Crippen molar-refractivity contribution in [1.82, 2.24) is 14.5 Å². The van der Waals surface area contributed by atoms with E-state index in [2.05, 4.69) is 145 Å². The maximum atomic E-state index is 6.33. The van der Waals surface area contributed by atoms with E-state index in [4.69, 9.17) is 14.4 Å². The number of hydrogen-bond acceptors (Lipinski definition) is 3. The summed E-state index contributed by atoms with van der Waals surface area (Å²) >= 11 is -1.86. The van der Waals surface area contributed by atoms with Gasteiger partial charge in [-0.2, -0.15) is 0 Å². The Kier molecular flexibility index (Phi) is 11.4. The molecule has 0 aliphatic carbocycles. The zero-order chi connectivity index (χ0) is 37.2. The summed E-state index contributed by atoms with van der Waals surface area (Å²) in [7, 11) is 0. The molecule has 275 valence electrons. The first-order valence-electron chi connectivity index (χ1n) is 18.7.